The van der Waals surface area contributed by atoms with Crippen LogP contribution in [0.25, 0.3) is 0 Å². The molecule has 1 saturated carbocycles. The molecule has 2 N–H and O–H groups in total. The summed E-state index contributed by atoms with van der Waals surface area (Å²) in [4.78, 5) is 0. The lowest BCUT2D eigenvalue weighted by Gasteiger charge is -2.08. The molecule has 2 heterocycles. The van der Waals surface area contributed by atoms with Crippen molar-refractivity contribution in [1.29, 1.82) is 0 Å². The van der Waals surface area contributed by atoms with Crippen molar-refractivity contribution in [1.82, 2.24) is 14.3 Å². The van der Waals surface area contributed by atoms with Crippen LogP contribution in [-0.2, 0) is 13.0 Å². The lowest BCUT2D eigenvalue weighted by Crippen LogP contribution is -2.06. The smallest absolute Gasteiger partial charge is 0.0821 e. The molecule has 0 radical (unpaired) electrons. The van der Waals surface area contributed by atoms with E-state index in [0.29, 0.717) is 12.6 Å². The standard InChI is InChI=1S/C15H22N4/c16-8-5-13-6-9-18(11-13)12-14-7-10-19(17-14)15-3-1-2-4-15/h6-7,9-11,15H,1-5,8,12,16H2. The Morgan fingerprint density at radius 3 is 2.84 bits per heavy atom. The molecule has 0 atom stereocenters. The zero-order valence-corrected chi connectivity index (χ0v) is 11.3. The second-order valence-corrected chi connectivity index (χ2v) is 5.46. The molecule has 1 aliphatic rings. The van der Waals surface area contributed by atoms with Gasteiger partial charge in [0, 0.05) is 18.6 Å². The molecule has 3 rings (SSSR count). The van der Waals surface area contributed by atoms with Crippen molar-refractivity contribution in [2.45, 2.75) is 44.7 Å². The number of nitrogens with zero attached hydrogens (tertiary/aromatic N) is 3. The van der Waals surface area contributed by atoms with Gasteiger partial charge in [-0.1, -0.05) is 12.8 Å². The van der Waals surface area contributed by atoms with Gasteiger partial charge in [0.05, 0.1) is 18.3 Å². The maximum absolute atomic E-state index is 5.57. The molecule has 1 aliphatic carbocycles. The van der Waals surface area contributed by atoms with Crippen LogP contribution in [0.1, 0.15) is 43.0 Å². The van der Waals surface area contributed by atoms with Gasteiger partial charge in [-0.15, -0.1) is 0 Å². The molecule has 19 heavy (non-hydrogen) atoms. The van der Waals surface area contributed by atoms with Crippen LogP contribution in [0.3, 0.4) is 0 Å². The maximum Gasteiger partial charge on any atom is 0.0821 e. The Labute approximate surface area is 114 Å². The first-order valence-electron chi connectivity index (χ1n) is 7.24. The molecule has 102 valence electrons. The van der Waals surface area contributed by atoms with Crippen LogP contribution in [0.5, 0.6) is 0 Å². The van der Waals surface area contributed by atoms with Gasteiger partial charge in [0.25, 0.3) is 0 Å². The van der Waals surface area contributed by atoms with E-state index in [1.54, 1.807) is 0 Å². The van der Waals surface area contributed by atoms with E-state index in [1.165, 1.54) is 31.2 Å². The summed E-state index contributed by atoms with van der Waals surface area (Å²) in [6, 6.07) is 4.91. The monoisotopic (exact) mass is 258 g/mol. The molecule has 4 heteroatoms. The van der Waals surface area contributed by atoms with Crippen LogP contribution in [-0.4, -0.2) is 20.9 Å². The second kappa shape index (κ2) is 5.61. The minimum atomic E-state index is 0.631. The Bertz CT molecular complexity index is 520. The number of hydrogen-bond acceptors (Lipinski definition) is 2. The van der Waals surface area contributed by atoms with E-state index in [2.05, 4.69) is 40.0 Å². The molecule has 0 unspecified atom stereocenters. The molecule has 0 aliphatic heterocycles. The topological polar surface area (TPSA) is 48.8 Å². The third kappa shape index (κ3) is 2.89. The summed E-state index contributed by atoms with van der Waals surface area (Å²) in [7, 11) is 0. The number of nitrogens with two attached hydrogens (primary N) is 1. The highest BCUT2D eigenvalue weighted by molar-refractivity contribution is 5.12. The second-order valence-electron chi connectivity index (χ2n) is 5.46. The summed E-state index contributed by atoms with van der Waals surface area (Å²) in [6.07, 6.45) is 12.6. The molecule has 4 nitrogen and oxygen atoms in total. The van der Waals surface area contributed by atoms with Gasteiger partial charge in [0.1, 0.15) is 0 Å². The number of aromatic nitrogens is 3. The van der Waals surface area contributed by atoms with Crippen molar-refractivity contribution in [3.05, 3.63) is 42.0 Å². The molecule has 1 fully saturated rings. The Morgan fingerprint density at radius 2 is 2.05 bits per heavy atom. The molecule has 0 spiro atoms. The van der Waals surface area contributed by atoms with Gasteiger partial charge in [-0.25, -0.2) is 0 Å². The Hall–Kier alpha value is -1.55. The third-order valence-corrected chi connectivity index (χ3v) is 3.95. The van der Waals surface area contributed by atoms with Gasteiger partial charge in [0.15, 0.2) is 0 Å². The fourth-order valence-corrected chi connectivity index (χ4v) is 2.92. The van der Waals surface area contributed by atoms with E-state index in [1.807, 2.05) is 0 Å². The van der Waals surface area contributed by atoms with E-state index >= 15 is 0 Å². The summed E-state index contributed by atoms with van der Waals surface area (Å²) in [5.41, 5.74) is 8.01. The average molecular weight is 258 g/mol. The van der Waals surface area contributed by atoms with Crippen molar-refractivity contribution < 1.29 is 0 Å². The van der Waals surface area contributed by atoms with Crippen molar-refractivity contribution in [3.8, 4) is 0 Å². The van der Waals surface area contributed by atoms with Crippen LogP contribution < -0.4 is 5.73 Å². The van der Waals surface area contributed by atoms with Crippen LogP contribution in [0.4, 0.5) is 0 Å². The van der Waals surface area contributed by atoms with E-state index in [9.17, 15) is 0 Å². The van der Waals surface area contributed by atoms with Gasteiger partial charge in [-0.2, -0.15) is 5.10 Å². The molecule has 2 aromatic heterocycles. The zero-order chi connectivity index (χ0) is 13.1. The van der Waals surface area contributed by atoms with Gasteiger partial charge < -0.3 is 10.3 Å². The summed E-state index contributed by atoms with van der Waals surface area (Å²) in [6.45, 7) is 1.56. The van der Waals surface area contributed by atoms with Crippen molar-refractivity contribution in [3.63, 3.8) is 0 Å². The van der Waals surface area contributed by atoms with Crippen LogP contribution >= 0.6 is 0 Å². The van der Waals surface area contributed by atoms with E-state index in [0.717, 1.165) is 18.7 Å². The summed E-state index contributed by atoms with van der Waals surface area (Å²) < 4.78 is 4.35. The van der Waals surface area contributed by atoms with Crippen LogP contribution in [0.15, 0.2) is 30.7 Å². The predicted molar refractivity (Wildman–Crippen MR) is 76.0 cm³/mol. The molecular formula is C15H22N4. The lowest BCUT2D eigenvalue weighted by atomic mass is 10.2. The van der Waals surface area contributed by atoms with E-state index in [4.69, 9.17) is 10.8 Å². The van der Waals surface area contributed by atoms with E-state index in [-0.39, 0.29) is 0 Å². The van der Waals surface area contributed by atoms with Gasteiger partial charge in [-0.3, -0.25) is 4.68 Å². The summed E-state index contributed by atoms with van der Waals surface area (Å²) in [5, 5.41) is 4.71. The van der Waals surface area contributed by atoms with Crippen LogP contribution in [0, 0.1) is 0 Å². The SMILES string of the molecule is NCCc1ccn(Cc2ccn(C3CCCC3)n2)c1. The summed E-state index contributed by atoms with van der Waals surface area (Å²) in [5.74, 6) is 0. The molecule has 0 bridgehead atoms. The minimum absolute atomic E-state index is 0.631. The van der Waals surface area contributed by atoms with Crippen molar-refractivity contribution in [2.24, 2.45) is 5.73 Å². The normalized spacial score (nSPS) is 16.3. The quantitative estimate of drug-likeness (QED) is 0.895. The average Bonchev–Trinajstić information content (AvgIpc) is 3.10. The Morgan fingerprint density at radius 1 is 1.21 bits per heavy atom. The van der Waals surface area contributed by atoms with Gasteiger partial charge in [-0.05, 0) is 43.5 Å². The molecular weight excluding hydrogens is 236 g/mol. The minimum Gasteiger partial charge on any atom is -0.348 e. The first-order chi connectivity index (χ1) is 9.35. The third-order valence-electron chi connectivity index (χ3n) is 3.95. The highest BCUT2D eigenvalue weighted by atomic mass is 15.3. The van der Waals surface area contributed by atoms with Crippen LogP contribution in [0.2, 0.25) is 0 Å². The first kappa shape index (κ1) is 12.5. The van der Waals surface area contributed by atoms with Crippen molar-refractivity contribution >= 4 is 0 Å². The van der Waals surface area contributed by atoms with Gasteiger partial charge >= 0.3 is 0 Å². The van der Waals surface area contributed by atoms with E-state index < -0.39 is 0 Å². The Kier molecular flexibility index (Phi) is 3.69. The molecule has 2 aromatic rings. The maximum atomic E-state index is 5.57. The molecule has 0 aromatic carbocycles. The van der Waals surface area contributed by atoms with Gasteiger partial charge in [0.2, 0.25) is 0 Å². The fourth-order valence-electron chi connectivity index (χ4n) is 2.92. The number of hydrogen-bond donors (Lipinski definition) is 1. The Balaban J connectivity index is 1.65. The highest BCUT2D eigenvalue weighted by Crippen LogP contribution is 2.28. The lowest BCUT2D eigenvalue weighted by molar-refractivity contribution is 0.461. The summed E-state index contributed by atoms with van der Waals surface area (Å²) >= 11 is 0. The number of rotatable bonds is 5. The zero-order valence-electron chi connectivity index (χ0n) is 11.3. The fraction of sp³-hybridized carbons (Fsp3) is 0.533. The largest absolute Gasteiger partial charge is 0.348 e. The highest BCUT2D eigenvalue weighted by Gasteiger charge is 2.17. The first-order valence-corrected chi connectivity index (χ1v) is 7.24. The van der Waals surface area contributed by atoms with Crippen molar-refractivity contribution in [2.75, 3.05) is 6.54 Å². The molecule has 0 amide bonds. The molecule has 0 saturated heterocycles. The predicted octanol–water partition coefficient (Wildman–Crippen LogP) is 2.35.